The highest BCUT2D eigenvalue weighted by molar-refractivity contribution is 6.47. The van der Waals surface area contributed by atoms with Crippen molar-refractivity contribution in [2.75, 3.05) is 41.3 Å². The van der Waals surface area contributed by atoms with Gasteiger partial charge in [0.2, 0.25) is 0 Å². The Balaban J connectivity index is 1.25. The molecule has 5 rings (SSSR count). The molecule has 7 nitrogen and oxygen atoms in total. The standard InChI is InChI=1S/C32H35N5O2/c1-5-26-21-28(24-9-7-6-8-10-24)30(35(26)4)31(38)32(39)34-25-11-13-27(14-12-25)36-15-17-37(18-16-36)29-20-22(2)19-23(3)33-29/h6-14,19-21H,5,15-18H2,1-4H3,(H,34,39). The van der Waals surface area contributed by atoms with Crippen molar-refractivity contribution in [1.29, 1.82) is 0 Å². The maximum atomic E-state index is 13.3. The van der Waals surface area contributed by atoms with Crippen LogP contribution in [0.4, 0.5) is 17.2 Å². The fourth-order valence-electron chi connectivity index (χ4n) is 5.33. The number of ketones is 1. The molecule has 1 aliphatic heterocycles. The van der Waals surface area contributed by atoms with E-state index in [0.717, 1.165) is 66.6 Å². The zero-order valence-corrected chi connectivity index (χ0v) is 23.1. The van der Waals surface area contributed by atoms with E-state index in [4.69, 9.17) is 4.98 Å². The summed E-state index contributed by atoms with van der Waals surface area (Å²) in [6.07, 6.45) is 0.766. The van der Waals surface area contributed by atoms with Gasteiger partial charge in [0, 0.05) is 61.6 Å². The number of pyridine rings is 1. The number of nitrogens with zero attached hydrogens (tertiary/aromatic N) is 4. The Morgan fingerprint density at radius 1 is 0.872 bits per heavy atom. The number of hydrogen-bond donors (Lipinski definition) is 1. The molecule has 7 heteroatoms. The molecule has 0 radical (unpaired) electrons. The van der Waals surface area contributed by atoms with E-state index in [2.05, 4.69) is 34.2 Å². The van der Waals surface area contributed by atoms with Gasteiger partial charge in [-0.25, -0.2) is 4.98 Å². The van der Waals surface area contributed by atoms with Crippen molar-refractivity contribution in [3.8, 4) is 11.1 Å². The molecule has 200 valence electrons. The summed E-state index contributed by atoms with van der Waals surface area (Å²) in [5.74, 6) is -0.149. The topological polar surface area (TPSA) is 70.5 Å². The van der Waals surface area contributed by atoms with Crippen LogP contribution >= 0.6 is 0 Å². The maximum absolute atomic E-state index is 13.3. The van der Waals surface area contributed by atoms with E-state index >= 15 is 0 Å². The summed E-state index contributed by atoms with van der Waals surface area (Å²) in [5.41, 5.74) is 7.06. The number of amides is 1. The minimum atomic E-state index is -0.640. The summed E-state index contributed by atoms with van der Waals surface area (Å²) in [5, 5.41) is 2.81. The van der Waals surface area contributed by atoms with Crippen molar-refractivity contribution in [3.05, 3.63) is 95.4 Å². The molecular formula is C32H35N5O2. The third-order valence-corrected chi connectivity index (χ3v) is 7.38. The fourth-order valence-corrected chi connectivity index (χ4v) is 5.33. The summed E-state index contributed by atoms with van der Waals surface area (Å²) in [4.78, 5) is 35.8. The monoisotopic (exact) mass is 521 g/mol. The molecule has 0 spiro atoms. The SMILES string of the molecule is CCc1cc(-c2ccccc2)c(C(=O)C(=O)Nc2ccc(N3CCN(c4cc(C)cc(C)n4)CC3)cc2)n1C. The van der Waals surface area contributed by atoms with E-state index < -0.39 is 11.7 Å². The highest BCUT2D eigenvalue weighted by atomic mass is 16.2. The van der Waals surface area contributed by atoms with Gasteiger partial charge in [-0.3, -0.25) is 9.59 Å². The van der Waals surface area contributed by atoms with Crippen molar-refractivity contribution < 1.29 is 9.59 Å². The second-order valence-electron chi connectivity index (χ2n) is 10.1. The number of carbonyl (C=O) groups is 2. The van der Waals surface area contributed by atoms with Gasteiger partial charge in [-0.2, -0.15) is 0 Å². The predicted octanol–water partition coefficient (Wildman–Crippen LogP) is 5.41. The van der Waals surface area contributed by atoms with Gasteiger partial charge in [-0.1, -0.05) is 37.3 Å². The molecule has 0 saturated carbocycles. The van der Waals surface area contributed by atoms with Crippen LogP contribution in [0.2, 0.25) is 0 Å². The van der Waals surface area contributed by atoms with Crippen LogP contribution in [0.5, 0.6) is 0 Å². The molecule has 3 heterocycles. The molecule has 0 bridgehead atoms. The molecule has 0 atom stereocenters. The molecule has 2 aromatic heterocycles. The molecule has 2 aromatic carbocycles. The summed E-state index contributed by atoms with van der Waals surface area (Å²) in [6.45, 7) is 9.73. The molecular weight excluding hydrogens is 486 g/mol. The van der Waals surface area contributed by atoms with Crippen LogP contribution in [-0.4, -0.2) is 47.4 Å². The Bertz CT molecular complexity index is 1460. The quantitative estimate of drug-likeness (QED) is 0.260. The van der Waals surface area contributed by atoms with Crippen LogP contribution in [0.3, 0.4) is 0 Å². The lowest BCUT2D eigenvalue weighted by Crippen LogP contribution is -2.46. The second kappa shape index (κ2) is 11.2. The number of aryl methyl sites for hydroxylation is 3. The normalized spacial score (nSPS) is 13.4. The number of nitrogens with one attached hydrogen (secondary N) is 1. The summed E-state index contributed by atoms with van der Waals surface area (Å²) >= 11 is 0. The van der Waals surface area contributed by atoms with Gasteiger partial charge >= 0.3 is 0 Å². The van der Waals surface area contributed by atoms with Crippen LogP contribution < -0.4 is 15.1 Å². The van der Waals surface area contributed by atoms with Crippen molar-refractivity contribution >= 4 is 28.9 Å². The molecule has 0 unspecified atom stereocenters. The Morgan fingerprint density at radius 3 is 2.18 bits per heavy atom. The van der Waals surface area contributed by atoms with Crippen LogP contribution in [0.1, 0.15) is 34.4 Å². The lowest BCUT2D eigenvalue weighted by molar-refractivity contribution is -0.112. The fraction of sp³-hybridized carbons (Fsp3) is 0.281. The van der Waals surface area contributed by atoms with E-state index in [0.29, 0.717) is 11.4 Å². The number of benzene rings is 2. The van der Waals surface area contributed by atoms with Gasteiger partial charge in [-0.05, 0) is 73.9 Å². The third-order valence-electron chi connectivity index (χ3n) is 7.38. The number of anilines is 3. The van der Waals surface area contributed by atoms with Gasteiger partial charge in [-0.15, -0.1) is 0 Å². The average molecular weight is 522 g/mol. The Labute approximate surface area is 230 Å². The summed E-state index contributed by atoms with van der Waals surface area (Å²) in [6, 6.07) is 23.7. The molecule has 4 aromatic rings. The van der Waals surface area contributed by atoms with Crippen LogP contribution in [0, 0.1) is 13.8 Å². The number of rotatable bonds is 7. The molecule has 1 N–H and O–H groups in total. The highest BCUT2D eigenvalue weighted by Gasteiger charge is 2.26. The number of Topliss-reactive ketones (excluding diaryl/α,β-unsaturated/α-hetero) is 1. The number of aromatic nitrogens is 2. The van der Waals surface area contributed by atoms with Crippen molar-refractivity contribution in [1.82, 2.24) is 9.55 Å². The van der Waals surface area contributed by atoms with Crippen molar-refractivity contribution in [2.24, 2.45) is 7.05 Å². The second-order valence-corrected chi connectivity index (χ2v) is 10.1. The van der Waals surface area contributed by atoms with Gasteiger partial charge in [0.15, 0.2) is 0 Å². The molecule has 1 amide bonds. The molecule has 39 heavy (non-hydrogen) atoms. The van der Waals surface area contributed by atoms with Crippen molar-refractivity contribution in [2.45, 2.75) is 27.2 Å². The van der Waals surface area contributed by atoms with E-state index in [1.807, 2.05) is 86.1 Å². The van der Waals surface area contributed by atoms with Crippen LogP contribution in [0.15, 0.2) is 72.8 Å². The molecule has 1 fully saturated rings. The molecule has 1 saturated heterocycles. The lowest BCUT2D eigenvalue weighted by Gasteiger charge is -2.37. The van der Waals surface area contributed by atoms with E-state index in [1.54, 1.807) is 0 Å². The van der Waals surface area contributed by atoms with Gasteiger partial charge < -0.3 is 19.7 Å². The first-order valence-corrected chi connectivity index (χ1v) is 13.5. The lowest BCUT2D eigenvalue weighted by atomic mass is 10.0. The summed E-state index contributed by atoms with van der Waals surface area (Å²) < 4.78 is 1.83. The largest absolute Gasteiger partial charge is 0.368 e. The van der Waals surface area contributed by atoms with E-state index in [-0.39, 0.29) is 0 Å². The molecule has 1 aliphatic rings. The minimum Gasteiger partial charge on any atom is -0.368 e. The van der Waals surface area contributed by atoms with E-state index in [9.17, 15) is 9.59 Å². The Kier molecular flexibility index (Phi) is 7.50. The first-order valence-electron chi connectivity index (χ1n) is 13.5. The van der Waals surface area contributed by atoms with Gasteiger partial charge in [0.05, 0.1) is 0 Å². The average Bonchev–Trinajstić information content (AvgIpc) is 3.29. The number of carbonyl (C=O) groups excluding carboxylic acids is 2. The number of hydrogen-bond acceptors (Lipinski definition) is 5. The summed E-state index contributed by atoms with van der Waals surface area (Å²) in [7, 11) is 1.84. The Morgan fingerprint density at radius 2 is 1.54 bits per heavy atom. The van der Waals surface area contributed by atoms with Crippen molar-refractivity contribution in [3.63, 3.8) is 0 Å². The van der Waals surface area contributed by atoms with Crippen LogP contribution in [0.25, 0.3) is 11.1 Å². The predicted molar refractivity (Wildman–Crippen MR) is 158 cm³/mol. The highest BCUT2D eigenvalue weighted by Crippen LogP contribution is 2.28. The number of piperazine rings is 1. The first-order chi connectivity index (χ1) is 18.8. The smallest absolute Gasteiger partial charge is 0.298 e. The molecule has 0 aliphatic carbocycles. The Hall–Kier alpha value is -4.39. The van der Waals surface area contributed by atoms with E-state index in [1.165, 1.54) is 5.56 Å². The van der Waals surface area contributed by atoms with Gasteiger partial charge in [0.1, 0.15) is 11.5 Å². The first kappa shape index (κ1) is 26.2. The maximum Gasteiger partial charge on any atom is 0.298 e. The van der Waals surface area contributed by atoms with Crippen LogP contribution in [-0.2, 0) is 18.3 Å². The zero-order chi connectivity index (χ0) is 27.5. The van der Waals surface area contributed by atoms with Gasteiger partial charge in [0.25, 0.3) is 11.7 Å². The zero-order valence-electron chi connectivity index (χ0n) is 23.1. The third kappa shape index (κ3) is 5.58. The minimum absolute atomic E-state index is 0.406.